The van der Waals surface area contributed by atoms with Crippen molar-refractivity contribution in [1.82, 2.24) is 15.1 Å². The van der Waals surface area contributed by atoms with Gasteiger partial charge in [0.15, 0.2) is 0 Å². The summed E-state index contributed by atoms with van der Waals surface area (Å²) in [6.07, 6.45) is 9.26. The molecule has 1 aromatic heterocycles. The van der Waals surface area contributed by atoms with Crippen LogP contribution in [0.15, 0.2) is 12.4 Å². The lowest BCUT2D eigenvalue weighted by molar-refractivity contribution is -0.122. The van der Waals surface area contributed by atoms with Crippen LogP contribution >= 0.6 is 11.6 Å². The van der Waals surface area contributed by atoms with Crippen LogP contribution < -0.4 is 5.32 Å². The predicted molar refractivity (Wildman–Crippen MR) is 78.4 cm³/mol. The number of nitrogens with zero attached hydrogens (tertiary/aromatic N) is 2. The van der Waals surface area contributed by atoms with E-state index in [-0.39, 0.29) is 5.91 Å². The average Bonchev–Trinajstić information content (AvgIpc) is 3.12. The average molecular weight is 296 g/mol. The van der Waals surface area contributed by atoms with Gasteiger partial charge >= 0.3 is 0 Å². The summed E-state index contributed by atoms with van der Waals surface area (Å²) in [7, 11) is 0. The van der Waals surface area contributed by atoms with Gasteiger partial charge < -0.3 is 5.32 Å². The number of carbonyl (C=O) groups is 1. The van der Waals surface area contributed by atoms with E-state index in [4.69, 9.17) is 11.6 Å². The molecule has 2 saturated carbocycles. The summed E-state index contributed by atoms with van der Waals surface area (Å²) in [6.45, 7) is 2.75. The van der Waals surface area contributed by atoms with E-state index in [1.165, 1.54) is 25.7 Å². The van der Waals surface area contributed by atoms with E-state index in [9.17, 15) is 4.79 Å². The van der Waals surface area contributed by atoms with Crippen LogP contribution in [-0.4, -0.2) is 21.7 Å². The van der Waals surface area contributed by atoms with E-state index in [2.05, 4.69) is 17.3 Å². The Labute approximate surface area is 124 Å². The number of aromatic nitrogens is 2. The van der Waals surface area contributed by atoms with Crippen LogP contribution in [0.2, 0.25) is 5.02 Å². The highest BCUT2D eigenvalue weighted by Crippen LogP contribution is 2.49. The molecule has 1 heterocycles. The number of hydrogen-bond acceptors (Lipinski definition) is 2. The van der Waals surface area contributed by atoms with E-state index < -0.39 is 0 Å². The number of nitrogens with one attached hydrogen (secondary N) is 1. The molecule has 4 atom stereocenters. The van der Waals surface area contributed by atoms with Crippen LogP contribution in [0, 0.1) is 17.8 Å². The molecule has 0 aliphatic heterocycles. The highest BCUT2D eigenvalue weighted by Gasteiger charge is 2.41. The van der Waals surface area contributed by atoms with Gasteiger partial charge in [0.05, 0.1) is 11.2 Å². The Morgan fingerprint density at radius 3 is 3.00 bits per heavy atom. The van der Waals surface area contributed by atoms with Gasteiger partial charge in [-0.3, -0.25) is 9.48 Å². The van der Waals surface area contributed by atoms with Gasteiger partial charge in [-0.2, -0.15) is 5.10 Å². The number of carbonyl (C=O) groups excluding carboxylic acids is 1. The Kier molecular flexibility index (Phi) is 4.01. The SMILES string of the molecule is C[C@H](NC(=O)CCn1cc(Cl)cn1)[C@H]1C[C@@H]2CC[C@@H]1C2. The van der Waals surface area contributed by atoms with Gasteiger partial charge in [-0.05, 0) is 43.9 Å². The highest BCUT2D eigenvalue weighted by atomic mass is 35.5. The molecule has 20 heavy (non-hydrogen) atoms. The third kappa shape index (κ3) is 3.00. The summed E-state index contributed by atoms with van der Waals surface area (Å²) in [5.41, 5.74) is 0. The van der Waals surface area contributed by atoms with Crippen LogP contribution in [0.4, 0.5) is 0 Å². The fourth-order valence-electron chi connectivity index (χ4n) is 4.02. The van der Waals surface area contributed by atoms with E-state index >= 15 is 0 Å². The van der Waals surface area contributed by atoms with Crippen molar-refractivity contribution >= 4 is 17.5 Å². The summed E-state index contributed by atoms with van der Waals surface area (Å²) >= 11 is 5.80. The molecular formula is C15H22ClN3O. The summed E-state index contributed by atoms with van der Waals surface area (Å²) in [4.78, 5) is 12.0. The monoisotopic (exact) mass is 295 g/mol. The number of rotatable bonds is 5. The zero-order chi connectivity index (χ0) is 14.1. The molecule has 1 N–H and O–H groups in total. The molecule has 3 rings (SSSR count). The number of aryl methyl sites for hydroxylation is 1. The molecule has 5 heteroatoms. The minimum atomic E-state index is 0.117. The van der Waals surface area contributed by atoms with Gasteiger partial charge in [0.1, 0.15) is 0 Å². The molecule has 2 fully saturated rings. The normalized spacial score (nSPS) is 29.6. The van der Waals surface area contributed by atoms with Crippen molar-refractivity contribution in [1.29, 1.82) is 0 Å². The molecular weight excluding hydrogens is 274 g/mol. The molecule has 0 spiro atoms. The molecule has 0 radical (unpaired) electrons. The van der Waals surface area contributed by atoms with E-state index in [0.717, 1.165) is 11.8 Å². The lowest BCUT2D eigenvalue weighted by Gasteiger charge is -2.28. The summed E-state index contributed by atoms with van der Waals surface area (Å²) in [6, 6.07) is 0.305. The summed E-state index contributed by atoms with van der Waals surface area (Å²) < 4.78 is 1.71. The molecule has 2 bridgehead atoms. The van der Waals surface area contributed by atoms with Gasteiger partial charge in [-0.1, -0.05) is 18.0 Å². The molecule has 1 amide bonds. The van der Waals surface area contributed by atoms with E-state index in [0.29, 0.717) is 29.9 Å². The fraction of sp³-hybridized carbons (Fsp3) is 0.733. The molecule has 110 valence electrons. The molecule has 0 aromatic carbocycles. The zero-order valence-electron chi connectivity index (χ0n) is 11.9. The Hall–Kier alpha value is -1.03. The Bertz CT molecular complexity index is 487. The Morgan fingerprint density at radius 1 is 1.55 bits per heavy atom. The summed E-state index contributed by atoms with van der Waals surface area (Å²) in [5, 5.41) is 7.86. The van der Waals surface area contributed by atoms with Crippen LogP contribution in [0.5, 0.6) is 0 Å². The summed E-state index contributed by atoms with van der Waals surface area (Å²) in [5.74, 6) is 2.58. The predicted octanol–water partition coefficient (Wildman–Crippen LogP) is 2.87. The first kappa shape index (κ1) is 13.9. The molecule has 4 nitrogen and oxygen atoms in total. The topological polar surface area (TPSA) is 46.9 Å². The molecule has 2 aliphatic rings. The van der Waals surface area contributed by atoms with Crippen LogP contribution in [0.3, 0.4) is 0 Å². The maximum absolute atomic E-state index is 12.0. The van der Waals surface area contributed by atoms with Gasteiger partial charge in [0, 0.05) is 25.2 Å². The van der Waals surface area contributed by atoms with Crippen molar-refractivity contribution in [3.63, 3.8) is 0 Å². The standard InChI is InChI=1S/C15H22ClN3O/c1-10(14-7-11-2-3-12(14)6-11)18-15(20)4-5-19-9-13(16)8-17-19/h8-12,14H,2-7H2,1H3,(H,18,20)/t10-,11+,12+,14+/m0/s1. The third-order valence-electron chi connectivity index (χ3n) is 4.99. The largest absolute Gasteiger partial charge is 0.353 e. The van der Waals surface area contributed by atoms with Crippen LogP contribution in [0.25, 0.3) is 0 Å². The number of hydrogen-bond donors (Lipinski definition) is 1. The highest BCUT2D eigenvalue weighted by molar-refractivity contribution is 6.30. The molecule has 0 saturated heterocycles. The lowest BCUT2D eigenvalue weighted by Crippen LogP contribution is -2.40. The number of amides is 1. The van der Waals surface area contributed by atoms with Gasteiger partial charge in [-0.25, -0.2) is 0 Å². The quantitative estimate of drug-likeness (QED) is 0.908. The van der Waals surface area contributed by atoms with Crippen molar-refractivity contribution in [3.8, 4) is 0 Å². The maximum atomic E-state index is 12.0. The maximum Gasteiger partial charge on any atom is 0.222 e. The van der Waals surface area contributed by atoms with Crippen molar-refractivity contribution in [3.05, 3.63) is 17.4 Å². The molecule has 2 aliphatic carbocycles. The zero-order valence-corrected chi connectivity index (χ0v) is 12.6. The van der Waals surface area contributed by atoms with Gasteiger partial charge in [0.25, 0.3) is 0 Å². The Morgan fingerprint density at radius 2 is 2.40 bits per heavy atom. The van der Waals surface area contributed by atoms with Gasteiger partial charge in [-0.15, -0.1) is 0 Å². The van der Waals surface area contributed by atoms with E-state index in [1.807, 2.05) is 0 Å². The minimum Gasteiger partial charge on any atom is -0.353 e. The molecule has 0 unspecified atom stereocenters. The minimum absolute atomic E-state index is 0.117. The first-order chi connectivity index (χ1) is 9.61. The fourth-order valence-corrected chi connectivity index (χ4v) is 4.17. The number of fused-ring (bicyclic) bond motifs is 2. The van der Waals surface area contributed by atoms with Crippen molar-refractivity contribution in [2.75, 3.05) is 0 Å². The smallest absolute Gasteiger partial charge is 0.222 e. The van der Waals surface area contributed by atoms with Crippen molar-refractivity contribution < 1.29 is 4.79 Å². The van der Waals surface area contributed by atoms with Crippen molar-refractivity contribution in [2.24, 2.45) is 17.8 Å². The molecule has 1 aromatic rings. The third-order valence-corrected chi connectivity index (χ3v) is 5.19. The lowest BCUT2D eigenvalue weighted by atomic mass is 9.84. The first-order valence-corrected chi connectivity index (χ1v) is 7.97. The van der Waals surface area contributed by atoms with E-state index in [1.54, 1.807) is 17.1 Å². The second kappa shape index (κ2) is 5.76. The second-order valence-electron chi connectivity index (χ2n) is 6.37. The number of halogens is 1. The van der Waals surface area contributed by atoms with Crippen LogP contribution in [-0.2, 0) is 11.3 Å². The second-order valence-corrected chi connectivity index (χ2v) is 6.80. The van der Waals surface area contributed by atoms with Gasteiger partial charge in [0.2, 0.25) is 5.91 Å². The Balaban J connectivity index is 1.44. The van der Waals surface area contributed by atoms with Crippen LogP contribution in [0.1, 0.15) is 39.0 Å². The first-order valence-electron chi connectivity index (χ1n) is 7.59. The van der Waals surface area contributed by atoms with Crippen molar-refractivity contribution in [2.45, 2.75) is 51.6 Å².